The van der Waals surface area contributed by atoms with Gasteiger partial charge in [0.2, 0.25) is 15.9 Å². The van der Waals surface area contributed by atoms with E-state index in [1.54, 1.807) is 13.8 Å². The van der Waals surface area contributed by atoms with E-state index in [2.05, 4.69) is 6.92 Å². The molecular formula is C19H33F2NO4S. The summed E-state index contributed by atoms with van der Waals surface area (Å²) in [6.45, 7) is 6.83. The Morgan fingerprint density at radius 3 is 2.59 bits per heavy atom. The molecule has 2 saturated carbocycles. The number of nitrogens with zero attached hydrogens (tertiary/aromatic N) is 1. The fraction of sp³-hybridized carbons (Fsp3) is 1.00. The van der Waals surface area contributed by atoms with Gasteiger partial charge >= 0.3 is 0 Å². The number of hydrogen-bond donors (Lipinski definition) is 0. The standard InChI is InChI=1S/C19H33F2NO4S/c1-5-6-9-25-12-16-15-7-8-19(20,21)11-14(15)10-18(16)13-26-17(2,3)22(18)27(4,23)24/h14-16H,5-13H2,1-4H3/t14-,15-,16+,18?/m1/s1. The van der Waals surface area contributed by atoms with E-state index in [0.29, 0.717) is 26.1 Å². The maximum Gasteiger partial charge on any atom is 0.248 e. The SMILES string of the molecule is CCCCOC[C@H]1[C@@H]2CCC(F)(F)C[C@H]2CC12COC(C)(C)N2S(C)(=O)=O. The zero-order valence-electron chi connectivity index (χ0n) is 16.8. The molecule has 2 aliphatic carbocycles. The molecule has 0 aromatic rings. The summed E-state index contributed by atoms with van der Waals surface area (Å²) in [7, 11) is -3.58. The van der Waals surface area contributed by atoms with Crippen molar-refractivity contribution in [3.8, 4) is 0 Å². The Morgan fingerprint density at radius 2 is 1.96 bits per heavy atom. The van der Waals surface area contributed by atoms with Gasteiger partial charge in [-0.25, -0.2) is 17.2 Å². The highest BCUT2D eigenvalue weighted by atomic mass is 32.2. The molecule has 0 bridgehead atoms. The third-order valence-corrected chi connectivity index (χ3v) is 8.14. The Hall–Kier alpha value is -0.310. The van der Waals surface area contributed by atoms with Crippen LogP contribution in [0.15, 0.2) is 0 Å². The number of halogens is 2. The highest BCUT2D eigenvalue weighted by Crippen LogP contribution is 2.60. The summed E-state index contributed by atoms with van der Waals surface area (Å²) in [5.74, 6) is -2.93. The third kappa shape index (κ3) is 3.91. The smallest absolute Gasteiger partial charge is 0.248 e. The number of unbranched alkanes of at least 4 members (excludes halogenated alkanes) is 1. The van der Waals surface area contributed by atoms with Crippen LogP contribution in [0.2, 0.25) is 0 Å². The molecule has 0 amide bonds. The Balaban J connectivity index is 1.95. The summed E-state index contributed by atoms with van der Waals surface area (Å²) in [5, 5.41) is 0. The minimum absolute atomic E-state index is 0.0491. The van der Waals surface area contributed by atoms with Gasteiger partial charge in [-0.1, -0.05) is 13.3 Å². The fourth-order valence-corrected chi connectivity index (χ4v) is 7.60. The third-order valence-electron chi connectivity index (χ3n) is 6.67. The van der Waals surface area contributed by atoms with E-state index in [1.165, 1.54) is 10.6 Å². The van der Waals surface area contributed by atoms with E-state index in [1.807, 2.05) is 0 Å². The van der Waals surface area contributed by atoms with Crippen LogP contribution in [0.4, 0.5) is 8.78 Å². The maximum atomic E-state index is 14.1. The zero-order valence-corrected chi connectivity index (χ0v) is 17.7. The van der Waals surface area contributed by atoms with Crippen LogP contribution in [0.5, 0.6) is 0 Å². The number of ether oxygens (including phenoxy) is 2. The molecule has 1 saturated heterocycles. The van der Waals surface area contributed by atoms with E-state index in [4.69, 9.17) is 9.47 Å². The molecule has 4 atom stereocenters. The van der Waals surface area contributed by atoms with Gasteiger partial charge in [0, 0.05) is 25.4 Å². The van der Waals surface area contributed by atoms with Crippen molar-refractivity contribution < 1.29 is 26.7 Å². The first-order chi connectivity index (χ1) is 12.4. The molecule has 8 heteroatoms. The van der Waals surface area contributed by atoms with Crippen molar-refractivity contribution in [2.45, 2.75) is 76.5 Å². The van der Waals surface area contributed by atoms with Crippen molar-refractivity contribution in [3.05, 3.63) is 0 Å². The van der Waals surface area contributed by atoms with Gasteiger partial charge in [-0.3, -0.25) is 0 Å². The summed E-state index contributed by atoms with van der Waals surface area (Å²) < 4.78 is 66.9. The topological polar surface area (TPSA) is 55.8 Å². The molecule has 3 aliphatic rings. The summed E-state index contributed by atoms with van der Waals surface area (Å²) in [6.07, 6.45) is 3.69. The molecule has 158 valence electrons. The lowest BCUT2D eigenvalue weighted by Gasteiger charge is -2.42. The van der Waals surface area contributed by atoms with E-state index in [-0.39, 0.29) is 37.2 Å². The molecule has 27 heavy (non-hydrogen) atoms. The Morgan fingerprint density at radius 1 is 1.26 bits per heavy atom. The first kappa shape index (κ1) is 21.4. The van der Waals surface area contributed by atoms with Gasteiger partial charge in [-0.2, -0.15) is 4.31 Å². The van der Waals surface area contributed by atoms with Crippen LogP contribution in [0.3, 0.4) is 0 Å². The van der Waals surface area contributed by atoms with Gasteiger partial charge in [0.1, 0.15) is 5.72 Å². The first-order valence-corrected chi connectivity index (χ1v) is 11.9. The largest absolute Gasteiger partial charge is 0.381 e. The molecule has 0 radical (unpaired) electrons. The van der Waals surface area contributed by atoms with Crippen LogP contribution < -0.4 is 0 Å². The van der Waals surface area contributed by atoms with Crippen molar-refractivity contribution >= 4 is 10.0 Å². The quantitative estimate of drug-likeness (QED) is 0.629. The van der Waals surface area contributed by atoms with Crippen molar-refractivity contribution in [1.82, 2.24) is 4.31 Å². The fourth-order valence-electron chi connectivity index (χ4n) is 5.83. The van der Waals surface area contributed by atoms with Crippen molar-refractivity contribution in [3.63, 3.8) is 0 Å². The summed E-state index contributed by atoms with van der Waals surface area (Å²) in [6, 6.07) is 0. The molecule has 0 N–H and O–H groups in total. The minimum atomic E-state index is -3.58. The number of hydrogen-bond acceptors (Lipinski definition) is 4. The van der Waals surface area contributed by atoms with E-state index in [0.717, 1.165) is 12.8 Å². The Bertz CT molecular complexity index is 654. The second-order valence-electron chi connectivity index (χ2n) is 9.13. The van der Waals surface area contributed by atoms with Crippen molar-refractivity contribution in [1.29, 1.82) is 0 Å². The van der Waals surface area contributed by atoms with Gasteiger partial charge in [-0.05, 0) is 44.9 Å². The number of alkyl halides is 2. The molecule has 1 unspecified atom stereocenters. The highest BCUT2D eigenvalue weighted by Gasteiger charge is 2.67. The van der Waals surface area contributed by atoms with Crippen molar-refractivity contribution in [2.24, 2.45) is 17.8 Å². The van der Waals surface area contributed by atoms with E-state index in [9.17, 15) is 17.2 Å². The van der Waals surface area contributed by atoms with Crippen LogP contribution in [-0.2, 0) is 19.5 Å². The van der Waals surface area contributed by atoms with Crippen LogP contribution in [0.1, 0.15) is 59.3 Å². The summed E-state index contributed by atoms with van der Waals surface area (Å²) in [4.78, 5) is 0. The molecule has 5 nitrogen and oxygen atoms in total. The first-order valence-electron chi connectivity index (χ1n) is 10.0. The number of rotatable bonds is 6. The molecule has 1 aliphatic heterocycles. The zero-order chi connectivity index (χ0) is 20.1. The van der Waals surface area contributed by atoms with Crippen LogP contribution >= 0.6 is 0 Å². The molecule has 3 rings (SSSR count). The Kier molecular flexibility index (Phi) is 5.69. The van der Waals surface area contributed by atoms with Gasteiger partial charge in [0.05, 0.1) is 25.0 Å². The lowest BCUT2D eigenvalue weighted by atomic mass is 9.75. The number of sulfonamides is 1. The average Bonchev–Trinajstić information content (AvgIpc) is 2.95. The lowest BCUT2D eigenvalue weighted by Crippen LogP contribution is -2.58. The maximum absolute atomic E-state index is 14.1. The van der Waals surface area contributed by atoms with Gasteiger partial charge < -0.3 is 9.47 Å². The lowest BCUT2D eigenvalue weighted by molar-refractivity contribution is -0.0723. The monoisotopic (exact) mass is 409 g/mol. The molecule has 0 aromatic heterocycles. The average molecular weight is 410 g/mol. The molecular weight excluding hydrogens is 376 g/mol. The molecule has 3 fully saturated rings. The second-order valence-corrected chi connectivity index (χ2v) is 11.0. The second kappa shape index (κ2) is 7.18. The highest BCUT2D eigenvalue weighted by molar-refractivity contribution is 7.88. The van der Waals surface area contributed by atoms with E-state index < -0.39 is 27.2 Å². The van der Waals surface area contributed by atoms with Crippen molar-refractivity contribution in [2.75, 3.05) is 26.1 Å². The van der Waals surface area contributed by atoms with Crippen LogP contribution in [-0.4, -0.2) is 56.0 Å². The minimum Gasteiger partial charge on any atom is -0.381 e. The summed E-state index contributed by atoms with van der Waals surface area (Å²) in [5.41, 5.74) is -1.77. The van der Waals surface area contributed by atoms with Gasteiger partial charge in [0.25, 0.3) is 0 Å². The normalized spacial score (nSPS) is 38.4. The predicted molar refractivity (Wildman–Crippen MR) is 99.1 cm³/mol. The Labute approximate surface area is 161 Å². The van der Waals surface area contributed by atoms with Crippen LogP contribution in [0, 0.1) is 17.8 Å². The number of fused-ring (bicyclic) bond motifs is 1. The van der Waals surface area contributed by atoms with Gasteiger partial charge in [0.15, 0.2) is 0 Å². The predicted octanol–water partition coefficient (Wildman–Crippen LogP) is 3.64. The molecule has 1 heterocycles. The van der Waals surface area contributed by atoms with Crippen LogP contribution in [0.25, 0.3) is 0 Å². The van der Waals surface area contributed by atoms with Gasteiger partial charge in [-0.15, -0.1) is 0 Å². The molecule has 0 aromatic carbocycles. The summed E-state index contributed by atoms with van der Waals surface area (Å²) >= 11 is 0. The molecule has 1 spiro atoms. The van der Waals surface area contributed by atoms with E-state index >= 15 is 0 Å².